The van der Waals surface area contributed by atoms with Gasteiger partial charge in [0, 0.05) is 23.8 Å². The third-order valence-corrected chi connectivity index (χ3v) is 5.88. The summed E-state index contributed by atoms with van der Waals surface area (Å²) in [6, 6.07) is 0. The Hall–Kier alpha value is -0.580. The van der Waals surface area contributed by atoms with Gasteiger partial charge < -0.3 is 9.84 Å². The summed E-state index contributed by atoms with van der Waals surface area (Å²) >= 11 is 5.06. The summed E-state index contributed by atoms with van der Waals surface area (Å²) in [5.74, 6) is -3.58. The normalized spacial score (nSPS) is 21.4. The van der Waals surface area contributed by atoms with Gasteiger partial charge in [0.1, 0.15) is 10.3 Å². The van der Waals surface area contributed by atoms with E-state index in [2.05, 4.69) is 16.3 Å². The molecule has 1 aromatic rings. The smallest absolute Gasteiger partial charge is 0.355 e. The second-order valence-corrected chi connectivity index (χ2v) is 8.33. The molecule has 0 saturated carbocycles. The number of thiophene rings is 1. The summed E-state index contributed by atoms with van der Waals surface area (Å²) in [5.41, 5.74) is -0.765. The maximum atomic E-state index is 13.5. The fourth-order valence-electron chi connectivity index (χ4n) is 1.96. The van der Waals surface area contributed by atoms with Crippen LogP contribution in [0.5, 0.6) is 5.06 Å². The number of hydrogen-bond acceptors (Lipinski definition) is 5. The van der Waals surface area contributed by atoms with Crippen LogP contribution in [0.4, 0.5) is 17.6 Å². The van der Waals surface area contributed by atoms with Gasteiger partial charge in [0.05, 0.1) is 0 Å². The van der Waals surface area contributed by atoms with Crippen LogP contribution in [0.15, 0.2) is 4.21 Å². The molecule has 0 fully saturated rings. The number of aliphatic hydroxyl groups excluding tert-OH is 1. The highest BCUT2D eigenvalue weighted by molar-refractivity contribution is 7.92. The molecule has 1 aliphatic carbocycles. The summed E-state index contributed by atoms with van der Waals surface area (Å²) in [5, 5.41) is 5.44. The zero-order chi connectivity index (χ0) is 16.2. The summed E-state index contributed by atoms with van der Waals surface area (Å²) in [7, 11) is -3.92. The van der Waals surface area contributed by atoms with Gasteiger partial charge in [0.2, 0.25) is 0 Å². The average molecular weight is 369 g/mol. The van der Waals surface area contributed by atoms with Crippen molar-refractivity contribution in [1.29, 1.82) is 0 Å². The minimum atomic E-state index is -3.92. The van der Waals surface area contributed by atoms with E-state index >= 15 is 0 Å². The number of halogens is 5. The average Bonchev–Trinajstić information content (AvgIpc) is 2.71. The predicted octanol–water partition coefficient (Wildman–Crippen LogP) is 2.59. The summed E-state index contributed by atoms with van der Waals surface area (Å²) in [6.45, 7) is -1.30. The molecule has 0 bridgehead atoms. The van der Waals surface area contributed by atoms with Crippen molar-refractivity contribution in [3.63, 3.8) is 0 Å². The van der Waals surface area contributed by atoms with E-state index in [-0.39, 0.29) is 5.56 Å². The van der Waals surface area contributed by atoms with Crippen molar-refractivity contribution in [1.82, 2.24) is 0 Å². The highest BCUT2D eigenvalue weighted by atomic mass is 35.5. The highest BCUT2D eigenvalue weighted by Gasteiger charge is 2.52. The lowest BCUT2D eigenvalue weighted by atomic mass is 10.2. The van der Waals surface area contributed by atoms with Crippen molar-refractivity contribution in [2.24, 2.45) is 0 Å². The summed E-state index contributed by atoms with van der Waals surface area (Å²) < 4.78 is 79.5. The van der Waals surface area contributed by atoms with Gasteiger partial charge in [-0.2, -0.15) is 8.78 Å². The van der Waals surface area contributed by atoms with Crippen LogP contribution in [0.25, 0.3) is 0 Å². The Kier molecular flexibility index (Phi) is 3.97. The monoisotopic (exact) mass is 368 g/mol. The van der Waals surface area contributed by atoms with Gasteiger partial charge in [-0.1, -0.05) is 11.3 Å². The Morgan fingerprint density at radius 1 is 1.52 bits per heavy atom. The number of aliphatic hydroxyl groups is 1. The lowest BCUT2D eigenvalue weighted by molar-refractivity contribution is -0.0976. The first-order chi connectivity index (χ1) is 9.33. The van der Waals surface area contributed by atoms with E-state index in [4.69, 9.17) is 0 Å². The first kappa shape index (κ1) is 16.8. The Morgan fingerprint density at radius 2 is 2.10 bits per heavy atom. The molecule has 0 aliphatic heterocycles. The first-order valence-electron chi connectivity index (χ1n) is 5.44. The molecule has 0 spiro atoms. The van der Waals surface area contributed by atoms with E-state index in [9.17, 15) is 31.1 Å². The van der Waals surface area contributed by atoms with Gasteiger partial charge in [0.25, 0.3) is 5.92 Å². The van der Waals surface area contributed by atoms with Gasteiger partial charge in [0.15, 0.2) is 21.5 Å². The van der Waals surface area contributed by atoms with Crippen LogP contribution < -0.4 is 4.74 Å². The van der Waals surface area contributed by atoms with Crippen molar-refractivity contribution in [3.05, 3.63) is 11.1 Å². The van der Waals surface area contributed by atoms with E-state index in [0.29, 0.717) is 11.3 Å². The molecule has 0 unspecified atom stereocenters. The van der Waals surface area contributed by atoms with Crippen LogP contribution in [0.3, 0.4) is 0 Å². The SMILES string of the molecule is CS(=O)(=O)c1sc(OCC(F)(F)Cl)c2c1[C@H](O)C(F)(F)C2. The molecule has 1 heterocycles. The van der Waals surface area contributed by atoms with Crippen LogP contribution in [-0.2, 0) is 16.3 Å². The number of fused-ring (bicyclic) bond motifs is 1. The standard InChI is InChI=1S/C10H9ClF4O4S2/c1-21(17,18)8-5-4(2-9(12,13)6(5)16)7(20-8)19-3-10(11,14)15/h6,16H,2-3H2,1H3/t6-/m0/s1. The number of alkyl halides is 5. The van der Waals surface area contributed by atoms with Crippen molar-refractivity contribution >= 4 is 32.8 Å². The number of ether oxygens (including phenoxy) is 1. The second-order valence-electron chi connectivity index (χ2n) is 4.59. The minimum absolute atomic E-state index is 0.279. The molecular weight excluding hydrogens is 360 g/mol. The van der Waals surface area contributed by atoms with Crippen LogP contribution in [0.2, 0.25) is 0 Å². The largest absolute Gasteiger partial charge is 0.476 e. The third kappa shape index (κ3) is 3.27. The van der Waals surface area contributed by atoms with Gasteiger partial charge in [-0.15, -0.1) is 0 Å². The van der Waals surface area contributed by atoms with Crippen LogP contribution in [0, 0.1) is 0 Å². The number of rotatable bonds is 4. The molecular formula is C10H9ClF4O4S2. The second kappa shape index (κ2) is 4.97. The van der Waals surface area contributed by atoms with Crippen molar-refractivity contribution in [3.8, 4) is 5.06 Å². The minimum Gasteiger partial charge on any atom is -0.476 e. The van der Waals surface area contributed by atoms with Crippen molar-refractivity contribution in [2.45, 2.75) is 28.0 Å². The molecule has 0 radical (unpaired) electrons. The topological polar surface area (TPSA) is 63.6 Å². The van der Waals surface area contributed by atoms with Crippen molar-refractivity contribution in [2.75, 3.05) is 12.9 Å². The molecule has 21 heavy (non-hydrogen) atoms. The van der Waals surface area contributed by atoms with Gasteiger partial charge in [-0.3, -0.25) is 0 Å². The molecule has 2 rings (SSSR count). The predicted molar refractivity (Wildman–Crippen MR) is 67.3 cm³/mol. The van der Waals surface area contributed by atoms with Crippen molar-refractivity contribution < 1.29 is 35.8 Å². The zero-order valence-electron chi connectivity index (χ0n) is 10.4. The van der Waals surface area contributed by atoms with Crippen LogP contribution in [0.1, 0.15) is 17.2 Å². The van der Waals surface area contributed by atoms with Gasteiger partial charge in [-0.05, 0) is 11.6 Å². The van der Waals surface area contributed by atoms with E-state index in [1.807, 2.05) is 0 Å². The Labute approximate surface area is 126 Å². The van der Waals surface area contributed by atoms with Crippen LogP contribution in [-0.4, -0.2) is 37.7 Å². The maximum Gasteiger partial charge on any atom is 0.355 e. The van der Waals surface area contributed by atoms with Crippen LogP contribution >= 0.6 is 22.9 Å². The van der Waals surface area contributed by atoms with E-state index < -0.39 is 55.1 Å². The number of sulfone groups is 1. The Balaban J connectivity index is 2.49. The molecule has 1 aromatic heterocycles. The summed E-state index contributed by atoms with van der Waals surface area (Å²) in [6.07, 6.45) is -2.54. The molecule has 120 valence electrons. The number of hydrogen-bond donors (Lipinski definition) is 1. The van der Waals surface area contributed by atoms with E-state index in [1.165, 1.54) is 0 Å². The maximum absolute atomic E-state index is 13.5. The summed E-state index contributed by atoms with van der Waals surface area (Å²) in [4.78, 5) is 0. The molecule has 1 atom stereocenters. The molecule has 11 heteroatoms. The van der Waals surface area contributed by atoms with E-state index in [0.717, 1.165) is 6.26 Å². The fourth-order valence-corrected chi connectivity index (χ4v) is 4.42. The molecule has 0 saturated heterocycles. The lowest BCUT2D eigenvalue weighted by Gasteiger charge is -2.14. The Morgan fingerprint density at radius 3 is 2.57 bits per heavy atom. The first-order valence-corrected chi connectivity index (χ1v) is 8.52. The quantitative estimate of drug-likeness (QED) is 0.655. The zero-order valence-corrected chi connectivity index (χ0v) is 12.8. The van der Waals surface area contributed by atoms with Gasteiger partial charge >= 0.3 is 5.38 Å². The molecule has 4 nitrogen and oxygen atoms in total. The fraction of sp³-hybridized carbons (Fsp3) is 0.600. The van der Waals surface area contributed by atoms with Gasteiger partial charge in [-0.25, -0.2) is 17.2 Å². The third-order valence-electron chi connectivity index (χ3n) is 2.77. The van der Waals surface area contributed by atoms with E-state index in [1.54, 1.807) is 0 Å². The Bertz CT molecular complexity index is 665. The lowest BCUT2D eigenvalue weighted by Crippen LogP contribution is -2.22. The molecule has 0 amide bonds. The highest BCUT2D eigenvalue weighted by Crippen LogP contribution is 2.53. The molecule has 0 aromatic carbocycles. The molecule has 1 N–H and O–H groups in total. The molecule has 1 aliphatic rings.